The summed E-state index contributed by atoms with van der Waals surface area (Å²) in [6.07, 6.45) is 4.67. The van der Waals surface area contributed by atoms with Crippen molar-refractivity contribution in [3.8, 4) is 11.4 Å². The van der Waals surface area contributed by atoms with Crippen LogP contribution in [-0.2, 0) is 11.2 Å². The lowest BCUT2D eigenvalue weighted by Crippen LogP contribution is -2.37. The summed E-state index contributed by atoms with van der Waals surface area (Å²) < 4.78 is 5.35. The number of imidazole rings is 1. The molecule has 0 saturated carbocycles. The lowest BCUT2D eigenvalue weighted by molar-refractivity contribution is 0.122. The minimum absolute atomic E-state index is 0.731. The third-order valence-electron chi connectivity index (χ3n) is 4.16. The Labute approximate surface area is 134 Å². The molecule has 0 amide bonds. The predicted octanol–water partition coefficient (Wildman–Crippen LogP) is 2.42. The van der Waals surface area contributed by atoms with Crippen molar-refractivity contribution in [2.24, 2.45) is 0 Å². The molecule has 1 aromatic carbocycles. The Bertz CT molecular complexity index is 805. The van der Waals surface area contributed by atoms with Crippen molar-refractivity contribution >= 4 is 17.0 Å². The highest BCUT2D eigenvalue weighted by atomic mass is 16.5. The topological polar surface area (TPSA) is 66.9 Å². The van der Waals surface area contributed by atoms with E-state index in [1.54, 1.807) is 0 Å². The molecule has 0 radical (unpaired) electrons. The summed E-state index contributed by atoms with van der Waals surface area (Å²) in [7, 11) is 0. The van der Waals surface area contributed by atoms with Crippen LogP contribution in [0.1, 0.15) is 12.5 Å². The fourth-order valence-corrected chi connectivity index (χ4v) is 2.78. The van der Waals surface area contributed by atoms with Gasteiger partial charge in [-0.05, 0) is 24.1 Å². The number of anilines is 1. The van der Waals surface area contributed by atoms with Crippen molar-refractivity contribution in [1.29, 1.82) is 0 Å². The first-order chi connectivity index (χ1) is 11.3. The van der Waals surface area contributed by atoms with E-state index in [-0.39, 0.29) is 0 Å². The van der Waals surface area contributed by atoms with Gasteiger partial charge < -0.3 is 14.6 Å². The predicted molar refractivity (Wildman–Crippen MR) is 89.5 cm³/mol. The SMILES string of the molecule is CCc1ccc2nc(-c3cnc(N4CCOCC4)nc3)[nH]c2c1. The highest BCUT2D eigenvalue weighted by Crippen LogP contribution is 2.21. The van der Waals surface area contributed by atoms with E-state index in [1.807, 2.05) is 12.4 Å². The molecule has 6 nitrogen and oxygen atoms in total. The number of rotatable bonds is 3. The minimum atomic E-state index is 0.731. The van der Waals surface area contributed by atoms with Gasteiger partial charge in [0.1, 0.15) is 5.82 Å². The Kier molecular flexibility index (Phi) is 3.67. The number of hydrogen-bond donors (Lipinski definition) is 1. The molecule has 0 bridgehead atoms. The van der Waals surface area contributed by atoms with E-state index in [2.05, 4.69) is 50.0 Å². The van der Waals surface area contributed by atoms with Crippen LogP contribution in [0, 0.1) is 0 Å². The smallest absolute Gasteiger partial charge is 0.225 e. The Hall–Kier alpha value is -2.47. The first-order valence-electron chi connectivity index (χ1n) is 7.97. The van der Waals surface area contributed by atoms with E-state index in [9.17, 15) is 0 Å². The number of aromatic amines is 1. The van der Waals surface area contributed by atoms with Crippen LogP contribution >= 0.6 is 0 Å². The summed E-state index contributed by atoms with van der Waals surface area (Å²) in [4.78, 5) is 19.1. The molecular weight excluding hydrogens is 290 g/mol. The maximum atomic E-state index is 5.35. The zero-order chi connectivity index (χ0) is 15.6. The maximum absolute atomic E-state index is 5.35. The molecule has 1 fully saturated rings. The molecule has 1 aliphatic rings. The number of benzene rings is 1. The monoisotopic (exact) mass is 309 g/mol. The summed E-state index contributed by atoms with van der Waals surface area (Å²) in [5.41, 5.74) is 4.22. The second-order valence-corrected chi connectivity index (χ2v) is 5.66. The first-order valence-corrected chi connectivity index (χ1v) is 7.97. The van der Waals surface area contributed by atoms with E-state index in [0.717, 1.165) is 61.1 Å². The molecule has 1 aliphatic heterocycles. The number of morpholine rings is 1. The summed E-state index contributed by atoms with van der Waals surface area (Å²) >= 11 is 0. The lowest BCUT2D eigenvalue weighted by atomic mass is 10.1. The molecule has 0 aliphatic carbocycles. The van der Waals surface area contributed by atoms with Crippen molar-refractivity contribution in [2.75, 3.05) is 31.2 Å². The average molecular weight is 309 g/mol. The standard InChI is InChI=1S/C17H19N5O/c1-2-12-3-4-14-15(9-12)21-16(20-14)13-10-18-17(19-11-13)22-5-7-23-8-6-22/h3-4,9-11H,2,5-8H2,1H3,(H,20,21). The third-order valence-corrected chi connectivity index (χ3v) is 4.16. The minimum Gasteiger partial charge on any atom is -0.378 e. The molecule has 0 unspecified atom stereocenters. The Morgan fingerprint density at radius 1 is 1.17 bits per heavy atom. The molecule has 2 aromatic heterocycles. The molecule has 3 aromatic rings. The largest absolute Gasteiger partial charge is 0.378 e. The number of nitrogens with zero attached hydrogens (tertiary/aromatic N) is 4. The molecule has 0 spiro atoms. The lowest BCUT2D eigenvalue weighted by Gasteiger charge is -2.26. The van der Waals surface area contributed by atoms with Gasteiger partial charge in [0.25, 0.3) is 0 Å². The Morgan fingerprint density at radius 2 is 1.96 bits per heavy atom. The van der Waals surface area contributed by atoms with Crippen LogP contribution < -0.4 is 4.90 Å². The second kappa shape index (κ2) is 5.96. The van der Waals surface area contributed by atoms with Gasteiger partial charge in [0.15, 0.2) is 0 Å². The Morgan fingerprint density at radius 3 is 2.70 bits per heavy atom. The van der Waals surface area contributed by atoms with Gasteiger partial charge in [-0.2, -0.15) is 0 Å². The molecule has 6 heteroatoms. The summed E-state index contributed by atoms with van der Waals surface area (Å²) in [5.74, 6) is 1.56. The van der Waals surface area contributed by atoms with Crippen LogP contribution in [0.2, 0.25) is 0 Å². The molecule has 1 saturated heterocycles. The third kappa shape index (κ3) is 2.77. The zero-order valence-corrected chi connectivity index (χ0v) is 13.1. The fourth-order valence-electron chi connectivity index (χ4n) is 2.78. The van der Waals surface area contributed by atoms with Gasteiger partial charge in [-0.1, -0.05) is 13.0 Å². The van der Waals surface area contributed by atoms with E-state index < -0.39 is 0 Å². The number of aryl methyl sites for hydroxylation is 1. The van der Waals surface area contributed by atoms with E-state index in [0.29, 0.717) is 0 Å². The molecule has 0 atom stereocenters. The zero-order valence-electron chi connectivity index (χ0n) is 13.1. The maximum Gasteiger partial charge on any atom is 0.225 e. The van der Waals surface area contributed by atoms with Gasteiger partial charge in [-0.25, -0.2) is 15.0 Å². The quantitative estimate of drug-likeness (QED) is 0.805. The van der Waals surface area contributed by atoms with Crippen molar-refractivity contribution in [3.63, 3.8) is 0 Å². The summed E-state index contributed by atoms with van der Waals surface area (Å²) in [5, 5.41) is 0. The van der Waals surface area contributed by atoms with Crippen LogP contribution in [0.25, 0.3) is 22.4 Å². The summed E-state index contributed by atoms with van der Waals surface area (Å²) in [6.45, 7) is 5.28. The molecule has 1 N–H and O–H groups in total. The van der Waals surface area contributed by atoms with Gasteiger partial charge in [-0.15, -0.1) is 0 Å². The van der Waals surface area contributed by atoms with Crippen molar-refractivity contribution in [2.45, 2.75) is 13.3 Å². The van der Waals surface area contributed by atoms with Gasteiger partial charge >= 0.3 is 0 Å². The van der Waals surface area contributed by atoms with E-state index in [1.165, 1.54) is 5.56 Å². The Balaban J connectivity index is 1.62. The van der Waals surface area contributed by atoms with Crippen LogP contribution in [0.4, 0.5) is 5.95 Å². The number of fused-ring (bicyclic) bond motifs is 1. The van der Waals surface area contributed by atoms with E-state index in [4.69, 9.17) is 4.74 Å². The van der Waals surface area contributed by atoms with Gasteiger partial charge in [-0.3, -0.25) is 0 Å². The second-order valence-electron chi connectivity index (χ2n) is 5.66. The average Bonchev–Trinajstić information content (AvgIpc) is 3.05. The number of nitrogens with one attached hydrogen (secondary N) is 1. The van der Waals surface area contributed by atoms with Crippen LogP contribution in [0.5, 0.6) is 0 Å². The van der Waals surface area contributed by atoms with Crippen molar-refractivity contribution in [1.82, 2.24) is 19.9 Å². The van der Waals surface area contributed by atoms with Crippen molar-refractivity contribution < 1.29 is 4.74 Å². The fraction of sp³-hybridized carbons (Fsp3) is 0.353. The summed E-state index contributed by atoms with van der Waals surface area (Å²) in [6, 6.07) is 6.32. The molecular formula is C17H19N5O. The van der Waals surface area contributed by atoms with Gasteiger partial charge in [0.2, 0.25) is 5.95 Å². The van der Waals surface area contributed by atoms with Crippen LogP contribution in [-0.4, -0.2) is 46.2 Å². The first kappa shape index (κ1) is 14.1. The van der Waals surface area contributed by atoms with Gasteiger partial charge in [0.05, 0.1) is 29.8 Å². The van der Waals surface area contributed by atoms with Crippen LogP contribution in [0.15, 0.2) is 30.6 Å². The van der Waals surface area contributed by atoms with Crippen molar-refractivity contribution in [3.05, 3.63) is 36.2 Å². The number of aromatic nitrogens is 4. The normalized spacial score (nSPS) is 15.3. The molecule has 4 rings (SSSR count). The molecule has 3 heterocycles. The highest BCUT2D eigenvalue weighted by molar-refractivity contribution is 5.79. The highest BCUT2D eigenvalue weighted by Gasteiger charge is 2.14. The number of ether oxygens (including phenoxy) is 1. The van der Waals surface area contributed by atoms with Crippen LogP contribution in [0.3, 0.4) is 0 Å². The van der Waals surface area contributed by atoms with E-state index >= 15 is 0 Å². The molecule has 118 valence electrons. The number of hydrogen-bond acceptors (Lipinski definition) is 5. The molecule has 23 heavy (non-hydrogen) atoms. The van der Waals surface area contributed by atoms with Gasteiger partial charge in [0, 0.05) is 25.5 Å². The number of H-pyrrole nitrogens is 1.